The highest BCUT2D eigenvalue weighted by molar-refractivity contribution is 5.92. The molecule has 0 bridgehead atoms. The Morgan fingerprint density at radius 3 is 2.56 bits per heavy atom. The highest BCUT2D eigenvalue weighted by Gasteiger charge is 2.30. The molecule has 2 aromatic carbocycles. The van der Waals surface area contributed by atoms with Crippen LogP contribution >= 0.6 is 12.4 Å². The summed E-state index contributed by atoms with van der Waals surface area (Å²) in [7, 11) is 0. The van der Waals surface area contributed by atoms with Crippen molar-refractivity contribution >= 4 is 24.0 Å². The molecule has 1 atom stereocenters. The quantitative estimate of drug-likeness (QED) is 0.788. The number of carbonyl (C=O) groups is 1. The molecule has 0 aliphatic carbocycles. The molecule has 1 aliphatic heterocycles. The van der Waals surface area contributed by atoms with E-state index >= 15 is 0 Å². The van der Waals surface area contributed by atoms with Crippen LogP contribution < -0.4 is 15.4 Å². The van der Waals surface area contributed by atoms with Gasteiger partial charge in [-0.1, -0.05) is 12.1 Å². The molecule has 4 nitrogen and oxygen atoms in total. The average molecular weight is 401 g/mol. The van der Waals surface area contributed by atoms with Crippen molar-refractivity contribution in [2.75, 3.05) is 18.4 Å². The average Bonchev–Trinajstić information content (AvgIpc) is 3.15. The standard InChI is InChI=1S/C19H19F3N2O2.ClH/c20-19(21,22)15-3-1-2-13(10-15)12-26-17-6-4-16(5-7-17)24-18(25)14-8-9-23-11-14;/h1-7,10,14,23H,8-9,11-12H2,(H,24,25);1H. The first kappa shape index (κ1) is 21.1. The minimum atomic E-state index is -4.37. The van der Waals surface area contributed by atoms with Crippen molar-refractivity contribution in [1.82, 2.24) is 5.32 Å². The summed E-state index contributed by atoms with van der Waals surface area (Å²) < 4.78 is 43.7. The first-order valence-electron chi connectivity index (χ1n) is 8.32. The Hall–Kier alpha value is -2.25. The van der Waals surface area contributed by atoms with Gasteiger partial charge in [0.25, 0.3) is 0 Å². The largest absolute Gasteiger partial charge is 0.489 e. The second kappa shape index (κ2) is 9.10. The first-order valence-corrected chi connectivity index (χ1v) is 8.32. The number of halogens is 4. The lowest BCUT2D eigenvalue weighted by molar-refractivity contribution is -0.137. The van der Waals surface area contributed by atoms with E-state index in [-0.39, 0.29) is 30.8 Å². The zero-order valence-corrected chi connectivity index (χ0v) is 15.2. The van der Waals surface area contributed by atoms with Crippen molar-refractivity contribution in [3.63, 3.8) is 0 Å². The molecule has 3 rings (SSSR count). The lowest BCUT2D eigenvalue weighted by Gasteiger charge is -2.12. The Morgan fingerprint density at radius 2 is 1.93 bits per heavy atom. The van der Waals surface area contributed by atoms with Crippen molar-refractivity contribution in [3.05, 3.63) is 59.7 Å². The number of ether oxygens (including phenoxy) is 1. The van der Waals surface area contributed by atoms with Crippen LogP contribution in [0, 0.1) is 5.92 Å². The smallest absolute Gasteiger partial charge is 0.416 e. The van der Waals surface area contributed by atoms with Crippen molar-refractivity contribution in [2.24, 2.45) is 5.92 Å². The van der Waals surface area contributed by atoms with Gasteiger partial charge in [0, 0.05) is 12.2 Å². The maximum atomic E-state index is 12.7. The van der Waals surface area contributed by atoms with Crippen LogP contribution in [0.25, 0.3) is 0 Å². The Labute approximate surface area is 161 Å². The number of hydrogen-bond donors (Lipinski definition) is 2. The number of anilines is 1. The number of carbonyl (C=O) groups excluding carboxylic acids is 1. The van der Waals surface area contributed by atoms with E-state index in [1.807, 2.05) is 0 Å². The summed E-state index contributed by atoms with van der Waals surface area (Å²) in [6.07, 6.45) is -3.55. The number of nitrogens with one attached hydrogen (secondary N) is 2. The van der Waals surface area contributed by atoms with E-state index in [9.17, 15) is 18.0 Å². The summed E-state index contributed by atoms with van der Waals surface area (Å²) in [6, 6.07) is 11.8. The topological polar surface area (TPSA) is 50.4 Å². The lowest BCUT2D eigenvalue weighted by Crippen LogP contribution is -2.24. The van der Waals surface area contributed by atoms with Crippen LogP contribution in [-0.2, 0) is 17.6 Å². The summed E-state index contributed by atoms with van der Waals surface area (Å²) in [4.78, 5) is 12.0. The van der Waals surface area contributed by atoms with E-state index in [1.165, 1.54) is 6.07 Å². The molecule has 27 heavy (non-hydrogen) atoms. The fourth-order valence-corrected chi connectivity index (χ4v) is 2.76. The van der Waals surface area contributed by atoms with Gasteiger partial charge in [0.05, 0.1) is 11.5 Å². The SMILES string of the molecule is Cl.O=C(Nc1ccc(OCc2cccc(C(F)(F)F)c2)cc1)C1CCNC1. The molecule has 2 N–H and O–H groups in total. The van der Waals surface area contributed by atoms with Gasteiger partial charge >= 0.3 is 6.18 Å². The number of alkyl halides is 3. The van der Waals surface area contributed by atoms with Gasteiger partial charge in [-0.15, -0.1) is 12.4 Å². The second-order valence-corrected chi connectivity index (χ2v) is 6.19. The van der Waals surface area contributed by atoms with Crippen molar-refractivity contribution < 1.29 is 22.7 Å². The highest BCUT2D eigenvalue weighted by atomic mass is 35.5. The number of amides is 1. The van der Waals surface area contributed by atoms with E-state index in [2.05, 4.69) is 10.6 Å². The molecule has 146 valence electrons. The number of hydrogen-bond acceptors (Lipinski definition) is 3. The molecule has 0 radical (unpaired) electrons. The van der Waals surface area contributed by atoms with Crippen LogP contribution in [-0.4, -0.2) is 19.0 Å². The summed E-state index contributed by atoms with van der Waals surface area (Å²) in [5.74, 6) is 0.474. The van der Waals surface area contributed by atoms with Crippen LogP contribution in [0.3, 0.4) is 0 Å². The van der Waals surface area contributed by atoms with Crippen LogP contribution in [0.5, 0.6) is 5.75 Å². The highest BCUT2D eigenvalue weighted by Crippen LogP contribution is 2.29. The van der Waals surface area contributed by atoms with Gasteiger partial charge in [0.1, 0.15) is 12.4 Å². The van der Waals surface area contributed by atoms with Crippen molar-refractivity contribution in [3.8, 4) is 5.75 Å². The molecule has 1 heterocycles. The van der Waals surface area contributed by atoms with E-state index in [1.54, 1.807) is 30.3 Å². The zero-order chi connectivity index (χ0) is 18.6. The van der Waals surface area contributed by atoms with Gasteiger partial charge in [0.15, 0.2) is 0 Å². The predicted molar refractivity (Wildman–Crippen MR) is 99.1 cm³/mol. The number of benzene rings is 2. The van der Waals surface area contributed by atoms with Gasteiger partial charge in [-0.3, -0.25) is 4.79 Å². The van der Waals surface area contributed by atoms with E-state index in [0.717, 1.165) is 25.1 Å². The second-order valence-electron chi connectivity index (χ2n) is 6.19. The Kier molecular flexibility index (Phi) is 7.10. The molecular formula is C19H20ClF3N2O2. The molecule has 1 unspecified atom stereocenters. The normalized spacial score (nSPS) is 16.5. The molecule has 1 saturated heterocycles. The minimum Gasteiger partial charge on any atom is -0.489 e. The summed E-state index contributed by atoms with van der Waals surface area (Å²) in [5.41, 5.74) is 0.400. The van der Waals surface area contributed by atoms with Gasteiger partial charge < -0.3 is 15.4 Å². The van der Waals surface area contributed by atoms with Crippen molar-refractivity contribution in [2.45, 2.75) is 19.2 Å². The summed E-state index contributed by atoms with van der Waals surface area (Å²) in [6.45, 7) is 1.56. The van der Waals surface area contributed by atoms with Crippen LogP contribution in [0.2, 0.25) is 0 Å². The lowest BCUT2D eigenvalue weighted by atomic mass is 10.1. The molecule has 0 aromatic heterocycles. The molecular weight excluding hydrogens is 381 g/mol. The van der Waals surface area contributed by atoms with Crippen LogP contribution in [0.15, 0.2) is 48.5 Å². The Morgan fingerprint density at radius 1 is 1.19 bits per heavy atom. The molecule has 0 saturated carbocycles. The number of rotatable bonds is 5. The molecule has 1 amide bonds. The van der Waals surface area contributed by atoms with Crippen molar-refractivity contribution in [1.29, 1.82) is 0 Å². The molecule has 2 aromatic rings. The van der Waals surface area contributed by atoms with Gasteiger partial charge in [-0.2, -0.15) is 13.2 Å². The third-order valence-electron chi connectivity index (χ3n) is 4.21. The molecule has 1 fully saturated rings. The molecule has 1 aliphatic rings. The first-order chi connectivity index (χ1) is 12.4. The van der Waals surface area contributed by atoms with Gasteiger partial charge in [-0.05, 0) is 54.9 Å². The van der Waals surface area contributed by atoms with E-state index in [4.69, 9.17) is 4.74 Å². The maximum absolute atomic E-state index is 12.7. The molecule has 0 spiro atoms. The Balaban J connectivity index is 0.00000261. The van der Waals surface area contributed by atoms with E-state index in [0.29, 0.717) is 23.5 Å². The van der Waals surface area contributed by atoms with Crippen LogP contribution in [0.4, 0.5) is 18.9 Å². The minimum absolute atomic E-state index is 0. The summed E-state index contributed by atoms with van der Waals surface area (Å²) in [5, 5.41) is 5.99. The third-order valence-corrected chi connectivity index (χ3v) is 4.21. The fraction of sp³-hybridized carbons (Fsp3) is 0.316. The fourth-order valence-electron chi connectivity index (χ4n) is 2.76. The van der Waals surface area contributed by atoms with Crippen LogP contribution in [0.1, 0.15) is 17.5 Å². The summed E-state index contributed by atoms with van der Waals surface area (Å²) >= 11 is 0. The maximum Gasteiger partial charge on any atom is 0.416 e. The predicted octanol–water partition coefficient (Wildman–Crippen LogP) is 4.25. The zero-order valence-electron chi connectivity index (χ0n) is 14.4. The monoisotopic (exact) mass is 400 g/mol. The molecule has 8 heteroatoms. The van der Waals surface area contributed by atoms with Gasteiger partial charge in [-0.25, -0.2) is 0 Å². The Bertz CT molecular complexity index is 760. The third kappa shape index (κ3) is 5.87. The van der Waals surface area contributed by atoms with E-state index < -0.39 is 11.7 Å². The van der Waals surface area contributed by atoms with Gasteiger partial charge in [0.2, 0.25) is 5.91 Å².